The lowest BCUT2D eigenvalue weighted by atomic mass is 9.98. The second-order valence-electron chi connectivity index (χ2n) is 7.54. The molecule has 26 heavy (non-hydrogen) atoms. The zero-order chi connectivity index (χ0) is 18.3. The Bertz CT molecular complexity index is 880. The SMILES string of the molecule is C[C@@H]1CCC[C@H](C)N1C(=O)CSc1nc2ccccc2c(=O)n1C1CC1. The lowest BCUT2D eigenvalue weighted by Crippen LogP contribution is -2.48. The van der Waals surface area contributed by atoms with Crippen LogP contribution in [0, 0.1) is 0 Å². The summed E-state index contributed by atoms with van der Waals surface area (Å²) in [7, 11) is 0. The maximum atomic E-state index is 12.9. The van der Waals surface area contributed by atoms with E-state index >= 15 is 0 Å². The maximum Gasteiger partial charge on any atom is 0.262 e. The van der Waals surface area contributed by atoms with Crippen molar-refractivity contribution in [2.24, 2.45) is 0 Å². The van der Waals surface area contributed by atoms with Gasteiger partial charge in [0.1, 0.15) is 0 Å². The molecular formula is C20H25N3O2S. The van der Waals surface area contributed by atoms with Crippen LogP contribution >= 0.6 is 11.8 Å². The van der Waals surface area contributed by atoms with Crippen LogP contribution in [0.2, 0.25) is 0 Å². The second kappa shape index (κ2) is 7.06. The first kappa shape index (κ1) is 17.6. The van der Waals surface area contributed by atoms with E-state index in [4.69, 9.17) is 4.98 Å². The third-order valence-corrected chi connectivity index (χ3v) is 6.43. The van der Waals surface area contributed by atoms with Crippen molar-refractivity contribution in [1.29, 1.82) is 0 Å². The van der Waals surface area contributed by atoms with Crippen molar-refractivity contribution in [3.05, 3.63) is 34.6 Å². The smallest absolute Gasteiger partial charge is 0.262 e. The van der Waals surface area contributed by atoms with Gasteiger partial charge in [-0.05, 0) is 58.1 Å². The minimum absolute atomic E-state index is 0.0211. The van der Waals surface area contributed by atoms with E-state index in [1.165, 1.54) is 18.2 Å². The highest BCUT2D eigenvalue weighted by Gasteiger charge is 2.31. The molecule has 0 bridgehead atoms. The number of benzene rings is 1. The van der Waals surface area contributed by atoms with Crippen LogP contribution in [-0.2, 0) is 4.79 Å². The zero-order valence-electron chi connectivity index (χ0n) is 15.4. The highest BCUT2D eigenvalue weighted by atomic mass is 32.2. The molecule has 6 heteroatoms. The summed E-state index contributed by atoms with van der Waals surface area (Å²) in [6.07, 6.45) is 5.36. The molecule has 1 aromatic carbocycles. The van der Waals surface area contributed by atoms with Crippen molar-refractivity contribution in [2.45, 2.75) is 69.2 Å². The summed E-state index contributed by atoms with van der Waals surface area (Å²) in [6.45, 7) is 4.26. The first-order valence-electron chi connectivity index (χ1n) is 9.51. The molecule has 1 aliphatic heterocycles. The predicted octanol–water partition coefficient (Wildman–Crippen LogP) is 3.61. The van der Waals surface area contributed by atoms with Gasteiger partial charge in [-0.3, -0.25) is 14.2 Å². The van der Waals surface area contributed by atoms with Gasteiger partial charge in [-0.2, -0.15) is 0 Å². The predicted molar refractivity (Wildman–Crippen MR) is 105 cm³/mol. The molecule has 0 unspecified atom stereocenters. The summed E-state index contributed by atoms with van der Waals surface area (Å²) < 4.78 is 1.81. The number of nitrogens with zero attached hydrogens (tertiary/aromatic N) is 3. The normalized spacial score (nSPS) is 23.4. The van der Waals surface area contributed by atoms with Crippen LogP contribution in [0.1, 0.15) is 52.0 Å². The van der Waals surface area contributed by atoms with Crippen LogP contribution < -0.4 is 5.56 Å². The summed E-state index contributed by atoms with van der Waals surface area (Å²) in [4.78, 5) is 32.5. The van der Waals surface area contributed by atoms with Crippen molar-refractivity contribution in [2.75, 3.05) is 5.75 Å². The minimum Gasteiger partial charge on any atom is -0.337 e. The minimum atomic E-state index is 0.0211. The fraction of sp³-hybridized carbons (Fsp3) is 0.550. The van der Waals surface area contributed by atoms with Crippen molar-refractivity contribution >= 4 is 28.6 Å². The molecular weight excluding hydrogens is 346 g/mol. The van der Waals surface area contributed by atoms with Crippen LogP contribution in [0.5, 0.6) is 0 Å². The van der Waals surface area contributed by atoms with Gasteiger partial charge in [0.25, 0.3) is 5.56 Å². The quantitative estimate of drug-likeness (QED) is 0.608. The Labute approximate surface area is 157 Å². The molecule has 1 saturated heterocycles. The van der Waals surface area contributed by atoms with Crippen LogP contribution in [0.4, 0.5) is 0 Å². The molecule has 2 aromatic rings. The molecule has 4 rings (SSSR count). The Morgan fingerprint density at radius 3 is 2.54 bits per heavy atom. The Balaban J connectivity index is 1.60. The van der Waals surface area contributed by atoms with Gasteiger partial charge in [-0.25, -0.2) is 4.98 Å². The number of hydrogen-bond acceptors (Lipinski definition) is 4. The zero-order valence-corrected chi connectivity index (χ0v) is 16.2. The van der Waals surface area contributed by atoms with E-state index in [2.05, 4.69) is 13.8 Å². The molecule has 5 nitrogen and oxygen atoms in total. The number of rotatable bonds is 4. The van der Waals surface area contributed by atoms with Crippen molar-refractivity contribution in [3.8, 4) is 0 Å². The van der Waals surface area contributed by atoms with Crippen LogP contribution in [0.25, 0.3) is 10.9 Å². The van der Waals surface area contributed by atoms with Gasteiger partial charge in [0.2, 0.25) is 5.91 Å². The second-order valence-corrected chi connectivity index (χ2v) is 8.48. The summed E-state index contributed by atoms with van der Waals surface area (Å²) in [5.41, 5.74) is 0.733. The lowest BCUT2D eigenvalue weighted by Gasteiger charge is -2.39. The Hall–Kier alpha value is -1.82. The molecule has 0 N–H and O–H groups in total. The number of carbonyl (C=O) groups excluding carboxylic acids is 1. The molecule has 2 fully saturated rings. The molecule has 0 spiro atoms. The molecule has 2 heterocycles. The molecule has 1 amide bonds. The maximum absolute atomic E-state index is 12.9. The van der Waals surface area contributed by atoms with Gasteiger partial charge >= 0.3 is 0 Å². The average molecular weight is 372 g/mol. The number of para-hydroxylation sites is 1. The highest BCUT2D eigenvalue weighted by Crippen LogP contribution is 2.37. The number of piperidine rings is 1. The molecule has 138 valence electrons. The number of amides is 1. The van der Waals surface area contributed by atoms with Crippen molar-refractivity contribution < 1.29 is 4.79 Å². The Kier molecular flexibility index (Phi) is 4.78. The van der Waals surface area contributed by atoms with E-state index in [-0.39, 0.29) is 17.5 Å². The lowest BCUT2D eigenvalue weighted by molar-refractivity contribution is -0.134. The monoisotopic (exact) mass is 371 g/mol. The summed E-state index contributed by atoms with van der Waals surface area (Å²) in [5, 5.41) is 1.34. The molecule has 1 saturated carbocycles. The van der Waals surface area contributed by atoms with Crippen molar-refractivity contribution in [1.82, 2.24) is 14.5 Å². The number of carbonyl (C=O) groups is 1. The summed E-state index contributed by atoms with van der Waals surface area (Å²) in [5.74, 6) is 0.492. The number of hydrogen-bond donors (Lipinski definition) is 0. The van der Waals surface area contributed by atoms with Gasteiger partial charge in [0.05, 0.1) is 16.7 Å². The average Bonchev–Trinajstić information content (AvgIpc) is 3.45. The number of aromatic nitrogens is 2. The van der Waals surface area contributed by atoms with E-state index in [0.29, 0.717) is 33.9 Å². The van der Waals surface area contributed by atoms with E-state index in [9.17, 15) is 9.59 Å². The van der Waals surface area contributed by atoms with Gasteiger partial charge in [-0.1, -0.05) is 23.9 Å². The third-order valence-electron chi connectivity index (χ3n) is 5.49. The first-order chi connectivity index (χ1) is 12.6. The molecule has 1 aliphatic carbocycles. The largest absolute Gasteiger partial charge is 0.337 e. The Morgan fingerprint density at radius 1 is 1.15 bits per heavy atom. The van der Waals surface area contributed by atoms with Crippen LogP contribution in [-0.4, -0.2) is 38.2 Å². The van der Waals surface area contributed by atoms with Gasteiger partial charge in [0.15, 0.2) is 5.16 Å². The number of thioether (sulfide) groups is 1. The summed E-state index contributed by atoms with van der Waals surface area (Å²) in [6, 6.07) is 8.30. The third kappa shape index (κ3) is 3.27. The first-order valence-corrected chi connectivity index (χ1v) is 10.5. The fourth-order valence-corrected chi connectivity index (χ4v) is 4.93. The van der Waals surface area contributed by atoms with E-state index in [1.54, 1.807) is 0 Å². The van der Waals surface area contributed by atoms with Crippen LogP contribution in [0.3, 0.4) is 0 Å². The van der Waals surface area contributed by atoms with Crippen LogP contribution in [0.15, 0.2) is 34.2 Å². The van der Waals surface area contributed by atoms with E-state index < -0.39 is 0 Å². The van der Waals surface area contributed by atoms with Gasteiger partial charge in [-0.15, -0.1) is 0 Å². The molecule has 2 aliphatic rings. The topological polar surface area (TPSA) is 55.2 Å². The van der Waals surface area contributed by atoms with E-state index in [0.717, 1.165) is 25.7 Å². The fourth-order valence-electron chi connectivity index (χ4n) is 4.00. The summed E-state index contributed by atoms with van der Waals surface area (Å²) >= 11 is 1.41. The highest BCUT2D eigenvalue weighted by molar-refractivity contribution is 7.99. The standard InChI is InChI=1S/C20H25N3O2S/c1-13-6-5-7-14(2)22(13)18(24)12-26-20-21-17-9-4-3-8-16(17)19(25)23(20)15-10-11-15/h3-4,8-9,13-15H,5-7,10-12H2,1-2H3/t13-,14+. The Morgan fingerprint density at radius 2 is 1.85 bits per heavy atom. The van der Waals surface area contributed by atoms with E-state index in [1.807, 2.05) is 33.7 Å². The number of fused-ring (bicyclic) bond motifs is 1. The molecule has 2 atom stereocenters. The molecule has 0 radical (unpaired) electrons. The van der Waals surface area contributed by atoms with Gasteiger partial charge < -0.3 is 4.90 Å². The van der Waals surface area contributed by atoms with Crippen molar-refractivity contribution in [3.63, 3.8) is 0 Å². The van der Waals surface area contributed by atoms with Gasteiger partial charge in [0, 0.05) is 18.1 Å². The molecule has 1 aromatic heterocycles. The number of likely N-dealkylation sites (tertiary alicyclic amines) is 1.